The van der Waals surface area contributed by atoms with Crippen LogP contribution >= 0.6 is 0 Å². The third-order valence-electron chi connectivity index (χ3n) is 4.60. The first-order valence-electron chi connectivity index (χ1n) is 7.06. The molecule has 0 saturated carbocycles. The van der Waals surface area contributed by atoms with E-state index < -0.39 is 0 Å². The highest BCUT2D eigenvalue weighted by atomic mass is 16.1. The van der Waals surface area contributed by atoms with E-state index in [0.29, 0.717) is 17.9 Å². The number of rotatable bonds is 3. The molecular weight excluding hydrogens is 222 g/mol. The summed E-state index contributed by atoms with van der Waals surface area (Å²) in [5.74, 6) is 0.481. The minimum Gasteiger partial charge on any atom is -0.300 e. The Kier molecular flexibility index (Phi) is 3.21. The van der Waals surface area contributed by atoms with Crippen LogP contribution in [0.3, 0.4) is 0 Å². The summed E-state index contributed by atoms with van der Waals surface area (Å²) >= 11 is 0. The van der Waals surface area contributed by atoms with Crippen LogP contribution in [0.4, 0.5) is 0 Å². The van der Waals surface area contributed by atoms with Crippen molar-refractivity contribution in [2.75, 3.05) is 6.54 Å². The lowest BCUT2D eigenvalue weighted by atomic mass is 9.99. The number of carbonyl (C=O) groups is 1. The maximum Gasteiger partial charge on any atom is 0.136 e. The second-order valence-corrected chi connectivity index (χ2v) is 5.75. The molecule has 2 heteroatoms. The molecule has 0 amide bonds. The lowest BCUT2D eigenvalue weighted by Crippen LogP contribution is -2.44. The molecule has 1 aromatic carbocycles. The van der Waals surface area contributed by atoms with Gasteiger partial charge >= 0.3 is 0 Å². The van der Waals surface area contributed by atoms with Crippen molar-refractivity contribution in [3.63, 3.8) is 0 Å². The summed E-state index contributed by atoms with van der Waals surface area (Å²) in [6.07, 6.45) is 5.16. The summed E-state index contributed by atoms with van der Waals surface area (Å²) in [5, 5.41) is 0. The standard InChI is InChI=1S/C16H21NO/c1-12-4-2-3-5-13(12)8-9-17-14-6-7-15(17)11-16(18)10-14/h2-5,14-15H,6-11H2,1H3. The Bertz CT molecular complexity index is 438. The normalized spacial score (nSPS) is 27.7. The van der Waals surface area contributed by atoms with E-state index in [2.05, 4.69) is 36.1 Å². The first-order valence-corrected chi connectivity index (χ1v) is 7.06. The van der Waals surface area contributed by atoms with Gasteiger partial charge in [-0.25, -0.2) is 0 Å². The fraction of sp³-hybridized carbons (Fsp3) is 0.562. The first kappa shape index (κ1) is 11.9. The van der Waals surface area contributed by atoms with Crippen molar-refractivity contribution < 1.29 is 4.79 Å². The molecule has 2 fully saturated rings. The van der Waals surface area contributed by atoms with Crippen LogP contribution in [0.15, 0.2) is 24.3 Å². The Balaban J connectivity index is 1.65. The second-order valence-electron chi connectivity index (χ2n) is 5.75. The van der Waals surface area contributed by atoms with E-state index in [1.54, 1.807) is 0 Å². The van der Waals surface area contributed by atoms with E-state index in [9.17, 15) is 4.79 Å². The highest BCUT2D eigenvalue weighted by molar-refractivity contribution is 5.80. The minimum atomic E-state index is 0.481. The molecule has 2 saturated heterocycles. The molecule has 2 nitrogen and oxygen atoms in total. The van der Waals surface area contributed by atoms with Gasteiger partial charge in [-0.15, -0.1) is 0 Å². The maximum absolute atomic E-state index is 11.6. The summed E-state index contributed by atoms with van der Waals surface area (Å²) in [6, 6.07) is 9.72. The van der Waals surface area contributed by atoms with Crippen LogP contribution in [-0.2, 0) is 11.2 Å². The molecule has 2 aliphatic rings. The van der Waals surface area contributed by atoms with Crippen molar-refractivity contribution in [2.24, 2.45) is 0 Å². The Hall–Kier alpha value is -1.15. The molecule has 1 aromatic rings. The molecule has 2 unspecified atom stereocenters. The van der Waals surface area contributed by atoms with Gasteiger partial charge in [0.05, 0.1) is 0 Å². The van der Waals surface area contributed by atoms with Gasteiger partial charge in [-0.2, -0.15) is 0 Å². The predicted molar refractivity (Wildman–Crippen MR) is 72.6 cm³/mol. The Morgan fingerprint density at radius 1 is 1.17 bits per heavy atom. The summed E-state index contributed by atoms with van der Waals surface area (Å²) in [7, 11) is 0. The van der Waals surface area contributed by atoms with Crippen LogP contribution in [0.2, 0.25) is 0 Å². The number of Topliss-reactive ketones (excluding diaryl/α,β-unsaturated/α-hetero) is 1. The molecule has 0 aliphatic carbocycles. The number of piperidine rings is 1. The highest BCUT2D eigenvalue weighted by Gasteiger charge is 2.39. The number of nitrogens with zero attached hydrogens (tertiary/aromatic N) is 1. The van der Waals surface area contributed by atoms with Crippen molar-refractivity contribution >= 4 is 5.78 Å². The maximum atomic E-state index is 11.6. The number of hydrogen-bond donors (Lipinski definition) is 0. The highest BCUT2D eigenvalue weighted by Crippen LogP contribution is 2.33. The third kappa shape index (κ3) is 2.22. The lowest BCUT2D eigenvalue weighted by Gasteiger charge is -2.34. The zero-order valence-electron chi connectivity index (χ0n) is 11.1. The number of benzene rings is 1. The predicted octanol–water partition coefficient (Wildman–Crippen LogP) is 2.73. The average molecular weight is 243 g/mol. The number of aryl methyl sites for hydroxylation is 1. The van der Waals surface area contributed by atoms with Crippen LogP contribution in [0.5, 0.6) is 0 Å². The van der Waals surface area contributed by atoms with Crippen molar-refractivity contribution in [1.29, 1.82) is 0 Å². The van der Waals surface area contributed by atoms with Gasteiger partial charge in [0.15, 0.2) is 0 Å². The third-order valence-corrected chi connectivity index (χ3v) is 4.60. The molecule has 96 valence electrons. The van der Waals surface area contributed by atoms with E-state index in [1.165, 1.54) is 24.0 Å². The molecule has 0 aromatic heterocycles. The molecule has 18 heavy (non-hydrogen) atoms. The zero-order valence-corrected chi connectivity index (χ0v) is 11.1. The lowest BCUT2D eigenvalue weighted by molar-refractivity contribution is -0.123. The van der Waals surface area contributed by atoms with E-state index in [-0.39, 0.29) is 0 Å². The van der Waals surface area contributed by atoms with Gasteiger partial charge in [0, 0.05) is 31.5 Å². The summed E-state index contributed by atoms with van der Waals surface area (Å²) in [4.78, 5) is 14.2. The zero-order chi connectivity index (χ0) is 12.5. The van der Waals surface area contributed by atoms with Crippen molar-refractivity contribution in [1.82, 2.24) is 4.90 Å². The van der Waals surface area contributed by atoms with Crippen molar-refractivity contribution in [3.8, 4) is 0 Å². The van der Waals surface area contributed by atoms with E-state index in [0.717, 1.165) is 25.8 Å². The molecule has 0 spiro atoms. The monoisotopic (exact) mass is 243 g/mol. The molecule has 2 bridgehead atoms. The van der Waals surface area contributed by atoms with Crippen LogP contribution in [0, 0.1) is 6.92 Å². The molecule has 2 heterocycles. The molecule has 0 radical (unpaired) electrons. The van der Waals surface area contributed by atoms with Gasteiger partial charge in [-0.1, -0.05) is 24.3 Å². The van der Waals surface area contributed by atoms with Crippen LogP contribution in [0.1, 0.15) is 36.8 Å². The van der Waals surface area contributed by atoms with Gasteiger partial charge in [0.1, 0.15) is 5.78 Å². The summed E-state index contributed by atoms with van der Waals surface area (Å²) < 4.78 is 0. The van der Waals surface area contributed by atoms with E-state index in [4.69, 9.17) is 0 Å². The summed E-state index contributed by atoms with van der Waals surface area (Å²) in [5.41, 5.74) is 2.84. The fourth-order valence-electron chi connectivity index (χ4n) is 3.57. The number of carbonyl (C=O) groups excluding carboxylic acids is 1. The number of ketones is 1. The Labute approximate surface area is 109 Å². The number of fused-ring (bicyclic) bond motifs is 2. The SMILES string of the molecule is Cc1ccccc1CCN1C2CCC1CC(=O)C2. The van der Waals surface area contributed by atoms with Gasteiger partial charge in [-0.3, -0.25) is 9.69 Å². The summed E-state index contributed by atoms with van der Waals surface area (Å²) in [6.45, 7) is 3.30. The first-order chi connectivity index (χ1) is 8.74. The second kappa shape index (κ2) is 4.85. The van der Waals surface area contributed by atoms with Crippen LogP contribution in [-0.4, -0.2) is 29.3 Å². The van der Waals surface area contributed by atoms with Gasteiger partial charge < -0.3 is 0 Å². The van der Waals surface area contributed by atoms with E-state index >= 15 is 0 Å². The quantitative estimate of drug-likeness (QED) is 0.813. The molecular formula is C16H21NO. The molecule has 2 atom stereocenters. The van der Waals surface area contributed by atoms with Crippen LogP contribution < -0.4 is 0 Å². The molecule has 2 aliphatic heterocycles. The molecule has 0 N–H and O–H groups in total. The molecule has 3 rings (SSSR count). The van der Waals surface area contributed by atoms with Crippen LogP contribution in [0.25, 0.3) is 0 Å². The number of hydrogen-bond acceptors (Lipinski definition) is 2. The van der Waals surface area contributed by atoms with Crippen molar-refractivity contribution in [2.45, 2.75) is 51.1 Å². The fourth-order valence-corrected chi connectivity index (χ4v) is 3.57. The van der Waals surface area contributed by atoms with Gasteiger partial charge in [-0.05, 0) is 37.3 Å². The van der Waals surface area contributed by atoms with Gasteiger partial charge in [0.25, 0.3) is 0 Å². The van der Waals surface area contributed by atoms with Gasteiger partial charge in [0.2, 0.25) is 0 Å². The Morgan fingerprint density at radius 3 is 2.50 bits per heavy atom. The smallest absolute Gasteiger partial charge is 0.136 e. The largest absolute Gasteiger partial charge is 0.300 e. The van der Waals surface area contributed by atoms with Crippen molar-refractivity contribution in [3.05, 3.63) is 35.4 Å². The van der Waals surface area contributed by atoms with E-state index in [1.807, 2.05) is 0 Å². The topological polar surface area (TPSA) is 20.3 Å². The average Bonchev–Trinajstić information content (AvgIpc) is 2.60. The Morgan fingerprint density at radius 2 is 1.83 bits per heavy atom. The minimum absolute atomic E-state index is 0.481.